The van der Waals surface area contributed by atoms with Crippen LogP contribution in [0, 0.1) is 24.6 Å². The van der Waals surface area contributed by atoms with E-state index in [0.29, 0.717) is 39.9 Å². The predicted molar refractivity (Wildman–Crippen MR) is 203 cm³/mol. The number of imidazole rings is 1. The van der Waals surface area contributed by atoms with Crippen LogP contribution >= 0.6 is 0 Å². The Bertz CT molecular complexity index is 2640. The number of aryl methyl sites for hydroxylation is 3. The lowest BCUT2D eigenvalue weighted by Gasteiger charge is -2.22. The normalized spacial score (nSPS) is 14.3. The van der Waals surface area contributed by atoms with E-state index in [1.807, 2.05) is 30.1 Å². The van der Waals surface area contributed by atoms with Gasteiger partial charge in [0.05, 0.1) is 41.6 Å². The molecule has 5 heterocycles. The molecule has 6 aromatic rings. The van der Waals surface area contributed by atoms with Crippen molar-refractivity contribution in [2.45, 2.75) is 45.4 Å². The molecule has 1 unspecified atom stereocenters. The first-order valence-corrected chi connectivity index (χ1v) is 17.5. The number of nitrogens with one attached hydrogen (secondary N) is 2. The number of carbonyl (C=O) groups is 3. The van der Waals surface area contributed by atoms with Crippen LogP contribution in [0.2, 0.25) is 0 Å². The van der Waals surface area contributed by atoms with Crippen molar-refractivity contribution in [3.8, 4) is 23.1 Å². The van der Waals surface area contributed by atoms with Gasteiger partial charge < -0.3 is 14.6 Å². The molecule has 0 spiro atoms. The molecule has 0 saturated carbocycles. The third-order valence-electron chi connectivity index (χ3n) is 9.95. The third-order valence-corrected chi connectivity index (χ3v) is 9.95. The number of furan rings is 1. The number of rotatable bonds is 7. The first-order chi connectivity index (χ1) is 25.8. The van der Waals surface area contributed by atoms with Crippen LogP contribution in [0.5, 0.6) is 0 Å². The van der Waals surface area contributed by atoms with E-state index >= 15 is 4.39 Å². The maximum atomic E-state index is 15.6. The van der Waals surface area contributed by atoms with Crippen LogP contribution in [0.25, 0.3) is 33.3 Å². The van der Waals surface area contributed by atoms with E-state index in [2.05, 4.69) is 46.3 Å². The molecule has 0 aliphatic carbocycles. The Kier molecular flexibility index (Phi) is 9.37. The lowest BCUT2D eigenvalue weighted by Crippen LogP contribution is -2.39. The minimum atomic E-state index is -0.553. The maximum absolute atomic E-state index is 15.6. The number of benzene rings is 2. The first-order valence-electron chi connectivity index (χ1n) is 17.5. The van der Waals surface area contributed by atoms with E-state index in [-0.39, 0.29) is 47.8 Å². The van der Waals surface area contributed by atoms with Crippen molar-refractivity contribution in [2.75, 3.05) is 18.5 Å². The van der Waals surface area contributed by atoms with Gasteiger partial charge in [-0.1, -0.05) is 25.7 Å². The molecule has 1 aliphatic heterocycles. The second kappa shape index (κ2) is 14.1. The number of piperidine rings is 1. The molecule has 13 heteroatoms. The molecule has 1 aliphatic rings. The largest absolute Gasteiger partial charge is 0.464 e. The zero-order valence-electron chi connectivity index (χ0n) is 30.7. The van der Waals surface area contributed by atoms with Gasteiger partial charge in [-0.15, -0.1) is 0 Å². The zero-order valence-corrected chi connectivity index (χ0v) is 30.7. The highest BCUT2D eigenvalue weighted by Crippen LogP contribution is 2.35. The van der Waals surface area contributed by atoms with E-state index in [9.17, 15) is 19.2 Å². The molecule has 54 heavy (non-hydrogen) atoms. The molecule has 0 radical (unpaired) electrons. The number of amides is 3. The molecule has 2 N–H and O–H groups in total. The van der Waals surface area contributed by atoms with Gasteiger partial charge in [0.15, 0.2) is 5.82 Å². The van der Waals surface area contributed by atoms with Gasteiger partial charge in [0.25, 0.3) is 5.91 Å². The Morgan fingerprint density at radius 2 is 1.87 bits per heavy atom. The molecule has 1 atom stereocenters. The van der Waals surface area contributed by atoms with Gasteiger partial charge >= 0.3 is 5.69 Å². The smallest absolute Gasteiger partial charge is 0.328 e. The van der Waals surface area contributed by atoms with Crippen LogP contribution in [0.4, 0.5) is 15.8 Å². The number of fused-ring (bicyclic) bond motifs is 2. The summed E-state index contributed by atoms with van der Waals surface area (Å²) >= 11 is 0. The van der Waals surface area contributed by atoms with Gasteiger partial charge in [0.1, 0.15) is 17.0 Å². The summed E-state index contributed by atoms with van der Waals surface area (Å²) in [7, 11) is 5.32. The van der Waals surface area contributed by atoms with Crippen molar-refractivity contribution in [1.82, 2.24) is 29.7 Å². The fourth-order valence-electron chi connectivity index (χ4n) is 6.96. The van der Waals surface area contributed by atoms with Crippen LogP contribution in [-0.4, -0.2) is 50.4 Å². The van der Waals surface area contributed by atoms with Gasteiger partial charge in [-0.05, 0) is 66.8 Å². The third kappa shape index (κ3) is 6.51. The van der Waals surface area contributed by atoms with Gasteiger partial charge in [-0.25, -0.2) is 9.18 Å². The van der Waals surface area contributed by atoms with Crippen molar-refractivity contribution < 1.29 is 23.2 Å². The zero-order chi connectivity index (χ0) is 38.4. The minimum absolute atomic E-state index is 0.0441. The standard InChI is InChI=1S/C41H38FN7O5/c1-22(2)29-16-26(18-33-38(29)49(6)41(53)48(33)5)47(4)27-17-32(42)37(45-20-27)25-14-23(3)36(44-19-25)40(52)43-13-7-8-24-9-11-34-30(15-24)31(21-54-34)28-10-12-35(50)46-39(28)51/h9,11,14-22,28H,10,12-13H2,1-6H3,(H,43,52)(H,46,50,51). The number of pyridine rings is 2. The number of halogens is 1. The Balaban J connectivity index is 1.04. The Morgan fingerprint density at radius 3 is 2.59 bits per heavy atom. The highest BCUT2D eigenvalue weighted by molar-refractivity contribution is 6.03. The highest BCUT2D eigenvalue weighted by Gasteiger charge is 2.30. The van der Waals surface area contributed by atoms with Crippen LogP contribution in [-0.2, 0) is 23.7 Å². The number of hydrogen-bond acceptors (Lipinski definition) is 8. The summed E-state index contributed by atoms with van der Waals surface area (Å²) in [4.78, 5) is 60.3. The summed E-state index contributed by atoms with van der Waals surface area (Å²) in [6.45, 7) is 5.90. The van der Waals surface area contributed by atoms with Crippen LogP contribution in [0.15, 0.2) is 70.3 Å². The van der Waals surface area contributed by atoms with Gasteiger partial charge in [0.2, 0.25) is 11.8 Å². The number of hydrogen-bond donors (Lipinski definition) is 2. The minimum Gasteiger partial charge on any atom is -0.464 e. The van der Waals surface area contributed by atoms with E-state index in [1.54, 1.807) is 60.8 Å². The van der Waals surface area contributed by atoms with E-state index < -0.39 is 17.6 Å². The predicted octanol–water partition coefficient (Wildman–Crippen LogP) is 5.72. The lowest BCUT2D eigenvalue weighted by atomic mass is 9.90. The van der Waals surface area contributed by atoms with Gasteiger partial charge in [-0.2, -0.15) is 0 Å². The molecule has 274 valence electrons. The summed E-state index contributed by atoms with van der Waals surface area (Å²) in [5, 5.41) is 5.88. The summed E-state index contributed by atoms with van der Waals surface area (Å²) in [6, 6.07) is 12.4. The molecule has 7 rings (SSSR count). The number of carbonyl (C=O) groups excluding carboxylic acids is 3. The number of aromatic nitrogens is 4. The Labute approximate surface area is 310 Å². The second-order valence-corrected chi connectivity index (χ2v) is 13.8. The number of nitrogens with zero attached hydrogens (tertiary/aromatic N) is 5. The molecule has 1 fully saturated rings. The van der Waals surface area contributed by atoms with Crippen molar-refractivity contribution in [3.63, 3.8) is 0 Å². The van der Waals surface area contributed by atoms with Crippen molar-refractivity contribution in [1.29, 1.82) is 0 Å². The summed E-state index contributed by atoms with van der Waals surface area (Å²) in [5.41, 5.74) is 7.06. The van der Waals surface area contributed by atoms with Gasteiger partial charge in [0, 0.05) is 67.6 Å². The average molecular weight is 728 g/mol. The number of imide groups is 1. The monoisotopic (exact) mass is 727 g/mol. The number of anilines is 2. The molecule has 12 nitrogen and oxygen atoms in total. The van der Waals surface area contributed by atoms with Crippen molar-refractivity contribution in [3.05, 3.63) is 105 Å². The lowest BCUT2D eigenvalue weighted by molar-refractivity contribution is -0.134. The molecule has 0 bridgehead atoms. The molecule has 1 saturated heterocycles. The quantitative estimate of drug-likeness (QED) is 0.157. The van der Waals surface area contributed by atoms with E-state index in [0.717, 1.165) is 27.7 Å². The topological polar surface area (TPSA) is 144 Å². The summed E-state index contributed by atoms with van der Waals surface area (Å²) in [5.74, 6) is 4.02. The average Bonchev–Trinajstić information content (AvgIpc) is 3.66. The summed E-state index contributed by atoms with van der Waals surface area (Å²) in [6.07, 6.45) is 5.21. The molecule has 3 amide bonds. The van der Waals surface area contributed by atoms with Crippen molar-refractivity contribution >= 4 is 51.1 Å². The SMILES string of the molecule is Cc1cc(-c2ncc(N(C)c3cc(C(C)C)c4c(c3)n(C)c(=O)n4C)cc2F)cnc1C(=O)NCC#Cc1ccc2occ(C3CCC(=O)NC3=O)c2c1. The fraction of sp³-hybridized carbons (Fsp3) is 0.268. The Hall–Kier alpha value is -6.55. The van der Waals surface area contributed by atoms with Crippen LogP contribution < -0.4 is 21.2 Å². The molecular weight excluding hydrogens is 689 g/mol. The van der Waals surface area contributed by atoms with Crippen molar-refractivity contribution in [2.24, 2.45) is 14.1 Å². The first kappa shape index (κ1) is 35.8. The molecule has 4 aromatic heterocycles. The Morgan fingerprint density at radius 1 is 1.07 bits per heavy atom. The summed E-state index contributed by atoms with van der Waals surface area (Å²) < 4.78 is 24.6. The molecule has 2 aromatic carbocycles. The second-order valence-electron chi connectivity index (χ2n) is 13.8. The highest BCUT2D eigenvalue weighted by atomic mass is 19.1. The van der Waals surface area contributed by atoms with Crippen LogP contribution in [0.1, 0.15) is 71.3 Å². The van der Waals surface area contributed by atoms with E-state index in [4.69, 9.17) is 4.42 Å². The van der Waals surface area contributed by atoms with Crippen LogP contribution in [0.3, 0.4) is 0 Å². The fourth-order valence-corrected chi connectivity index (χ4v) is 6.96. The maximum Gasteiger partial charge on any atom is 0.328 e. The van der Waals surface area contributed by atoms with E-state index in [1.165, 1.54) is 12.3 Å². The van der Waals surface area contributed by atoms with Gasteiger partial charge in [-0.3, -0.25) is 38.8 Å². The molecular formula is C41H38FN7O5.